The quantitative estimate of drug-likeness (QED) is 0.824. The smallest absolute Gasteiger partial charge is 0.147 e. The Kier molecular flexibility index (Phi) is 5.63. The van der Waals surface area contributed by atoms with Crippen molar-refractivity contribution in [2.45, 2.75) is 64.8 Å². The van der Waals surface area contributed by atoms with Gasteiger partial charge in [-0.05, 0) is 57.4 Å². The number of likely N-dealkylation sites (tertiary alicyclic amines) is 1. The van der Waals surface area contributed by atoms with Gasteiger partial charge < -0.3 is 14.4 Å². The summed E-state index contributed by atoms with van der Waals surface area (Å²) in [6.07, 6.45) is 3.11. The van der Waals surface area contributed by atoms with E-state index < -0.39 is 5.60 Å². The van der Waals surface area contributed by atoms with Crippen LogP contribution in [0.25, 0.3) is 0 Å². The average molecular weight is 358 g/mol. The second-order valence-corrected chi connectivity index (χ2v) is 7.32. The minimum atomic E-state index is -0.923. The maximum atomic E-state index is 11.4. The molecule has 1 fully saturated rings. The summed E-state index contributed by atoms with van der Waals surface area (Å²) in [5, 5.41) is 20.0. The van der Waals surface area contributed by atoms with E-state index >= 15 is 0 Å². The van der Waals surface area contributed by atoms with E-state index in [1.165, 1.54) is 0 Å². The van der Waals surface area contributed by atoms with E-state index in [1.54, 1.807) is 7.11 Å². The molecule has 142 valence electrons. The van der Waals surface area contributed by atoms with Crippen LogP contribution in [0.2, 0.25) is 0 Å². The fourth-order valence-electron chi connectivity index (χ4n) is 4.01. The maximum Gasteiger partial charge on any atom is 0.147 e. The van der Waals surface area contributed by atoms with Gasteiger partial charge in [0.15, 0.2) is 0 Å². The van der Waals surface area contributed by atoms with Gasteiger partial charge >= 0.3 is 0 Å². The van der Waals surface area contributed by atoms with E-state index in [0.717, 1.165) is 61.9 Å². The molecule has 6 heteroatoms. The lowest BCUT2D eigenvalue weighted by molar-refractivity contribution is -0.0264. The second-order valence-electron chi connectivity index (χ2n) is 7.32. The monoisotopic (exact) mass is 358 g/mol. The first kappa shape index (κ1) is 18.9. The first-order valence-corrected chi connectivity index (χ1v) is 9.47. The van der Waals surface area contributed by atoms with E-state index in [0.29, 0.717) is 0 Å². The van der Waals surface area contributed by atoms with Crippen molar-refractivity contribution in [3.8, 4) is 5.75 Å². The standard InChI is InChI=1S/C20H30N4O2/c1-5-12-24-15(2)21-22-19(24)14-23-13-6-7-18(23)20(3,25)16-8-10-17(26-4)11-9-16/h8-11,18,25H,5-7,12-14H2,1-4H3/t18-,20+/m0/s1. The lowest BCUT2D eigenvalue weighted by atomic mass is 9.86. The molecule has 2 aromatic rings. The number of aromatic nitrogens is 3. The van der Waals surface area contributed by atoms with E-state index in [-0.39, 0.29) is 6.04 Å². The molecule has 2 atom stereocenters. The van der Waals surface area contributed by atoms with Crippen LogP contribution in [0.1, 0.15) is 50.3 Å². The second kappa shape index (κ2) is 7.76. The summed E-state index contributed by atoms with van der Waals surface area (Å²) >= 11 is 0. The molecular weight excluding hydrogens is 328 g/mol. The molecule has 0 bridgehead atoms. The zero-order chi connectivity index (χ0) is 18.7. The SMILES string of the molecule is CCCn1c(C)nnc1CN1CCC[C@H]1[C@](C)(O)c1ccc(OC)cc1. The minimum absolute atomic E-state index is 0.0583. The number of aliphatic hydroxyl groups is 1. The Balaban J connectivity index is 1.80. The Hall–Kier alpha value is -1.92. The highest BCUT2D eigenvalue weighted by Crippen LogP contribution is 2.36. The van der Waals surface area contributed by atoms with Crippen LogP contribution in [-0.4, -0.2) is 44.5 Å². The van der Waals surface area contributed by atoms with Crippen molar-refractivity contribution < 1.29 is 9.84 Å². The van der Waals surface area contributed by atoms with Gasteiger partial charge in [0.1, 0.15) is 23.0 Å². The average Bonchev–Trinajstić information content (AvgIpc) is 3.24. The Morgan fingerprint density at radius 1 is 1.27 bits per heavy atom. The van der Waals surface area contributed by atoms with Crippen LogP contribution in [-0.2, 0) is 18.7 Å². The largest absolute Gasteiger partial charge is 0.497 e. The Morgan fingerprint density at radius 2 is 2.00 bits per heavy atom. The Labute approximate surface area is 155 Å². The van der Waals surface area contributed by atoms with E-state index in [2.05, 4.69) is 26.6 Å². The summed E-state index contributed by atoms with van der Waals surface area (Å²) < 4.78 is 7.43. The third-order valence-electron chi connectivity index (χ3n) is 5.49. The third-order valence-corrected chi connectivity index (χ3v) is 5.49. The van der Waals surface area contributed by atoms with Crippen molar-refractivity contribution in [3.05, 3.63) is 41.5 Å². The summed E-state index contributed by atoms with van der Waals surface area (Å²) in [5.74, 6) is 2.75. The van der Waals surface area contributed by atoms with Gasteiger partial charge in [0.05, 0.1) is 13.7 Å². The normalized spacial score (nSPS) is 20.3. The fourth-order valence-corrected chi connectivity index (χ4v) is 4.01. The molecule has 26 heavy (non-hydrogen) atoms. The van der Waals surface area contributed by atoms with E-state index in [4.69, 9.17) is 4.74 Å². The highest BCUT2D eigenvalue weighted by Gasteiger charge is 2.41. The van der Waals surface area contributed by atoms with Crippen LogP contribution in [0.4, 0.5) is 0 Å². The van der Waals surface area contributed by atoms with Gasteiger partial charge in [-0.25, -0.2) is 0 Å². The summed E-state index contributed by atoms with van der Waals surface area (Å²) in [6.45, 7) is 8.70. The fraction of sp³-hybridized carbons (Fsp3) is 0.600. The van der Waals surface area contributed by atoms with Gasteiger partial charge in [0.2, 0.25) is 0 Å². The number of hydrogen-bond donors (Lipinski definition) is 1. The molecule has 1 N–H and O–H groups in total. The number of benzene rings is 1. The molecule has 6 nitrogen and oxygen atoms in total. The van der Waals surface area contributed by atoms with Crippen molar-refractivity contribution in [2.75, 3.05) is 13.7 Å². The highest BCUT2D eigenvalue weighted by atomic mass is 16.5. The summed E-state index contributed by atoms with van der Waals surface area (Å²) in [6, 6.07) is 7.79. The number of nitrogens with zero attached hydrogens (tertiary/aromatic N) is 4. The first-order chi connectivity index (χ1) is 12.5. The molecule has 2 heterocycles. The molecule has 1 aromatic carbocycles. The molecule has 1 aromatic heterocycles. The number of aryl methyl sites for hydroxylation is 1. The van der Waals surface area contributed by atoms with Crippen molar-refractivity contribution in [3.63, 3.8) is 0 Å². The van der Waals surface area contributed by atoms with Crippen molar-refractivity contribution in [1.29, 1.82) is 0 Å². The van der Waals surface area contributed by atoms with Gasteiger partial charge in [-0.1, -0.05) is 19.1 Å². The molecule has 1 aliphatic heterocycles. The number of ether oxygens (including phenoxy) is 1. The molecule has 0 aliphatic carbocycles. The Morgan fingerprint density at radius 3 is 2.65 bits per heavy atom. The number of rotatable bonds is 7. The molecule has 0 unspecified atom stereocenters. The van der Waals surface area contributed by atoms with Crippen LogP contribution in [0.15, 0.2) is 24.3 Å². The van der Waals surface area contributed by atoms with Gasteiger partial charge in [-0.2, -0.15) is 0 Å². The molecule has 1 aliphatic rings. The van der Waals surface area contributed by atoms with Crippen molar-refractivity contribution in [1.82, 2.24) is 19.7 Å². The van der Waals surface area contributed by atoms with Crippen LogP contribution >= 0.6 is 0 Å². The molecular formula is C20H30N4O2. The Bertz CT molecular complexity index is 724. The molecule has 1 saturated heterocycles. The number of methoxy groups -OCH3 is 1. The van der Waals surface area contributed by atoms with Crippen LogP contribution < -0.4 is 4.74 Å². The molecule has 3 rings (SSSR count). The van der Waals surface area contributed by atoms with E-state index in [9.17, 15) is 5.11 Å². The van der Waals surface area contributed by atoms with Gasteiger partial charge in [0, 0.05) is 12.6 Å². The zero-order valence-electron chi connectivity index (χ0n) is 16.3. The highest BCUT2D eigenvalue weighted by molar-refractivity contribution is 5.31. The predicted molar refractivity (Wildman–Crippen MR) is 101 cm³/mol. The van der Waals surface area contributed by atoms with Gasteiger partial charge in [-0.3, -0.25) is 4.90 Å². The first-order valence-electron chi connectivity index (χ1n) is 9.47. The lowest BCUT2D eigenvalue weighted by Crippen LogP contribution is -2.45. The molecule has 0 spiro atoms. The number of hydrogen-bond acceptors (Lipinski definition) is 5. The molecule has 0 amide bonds. The van der Waals surface area contributed by atoms with Crippen LogP contribution in [0, 0.1) is 6.92 Å². The van der Waals surface area contributed by atoms with Crippen LogP contribution in [0.5, 0.6) is 5.75 Å². The summed E-state index contributed by atoms with van der Waals surface area (Å²) in [5.41, 5.74) is -0.00522. The minimum Gasteiger partial charge on any atom is -0.497 e. The van der Waals surface area contributed by atoms with Crippen molar-refractivity contribution in [2.24, 2.45) is 0 Å². The summed E-state index contributed by atoms with van der Waals surface area (Å²) in [7, 11) is 1.65. The molecule has 0 saturated carbocycles. The maximum absolute atomic E-state index is 11.4. The van der Waals surface area contributed by atoms with Gasteiger partial charge in [-0.15, -0.1) is 10.2 Å². The van der Waals surface area contributed by atoms with Crippen LogP contribution in [0.3, 0.4) is 0 Å². The zero-order valence-corrected chi connectivity index (χ0v) is 16.3. The van der Waals surface area contributed by atoms with E-state index in [1.807, 2.05) is 38.1 Å². The summed E-state index contributed by atoms with van der Waals surface area (Å²) in [4.78, 5) is 2.35. The third kappa shape index (κ3) is 3.62. The van der Waals surface area contributed by atoms with Gasteiger partial charge in [0.25, 0.3) is 0 Å². The predicted octanol–water partition coefficient (Wildman–Crippen LogP) is 2.88. The topological polar surface area (TPSA) is 63.4 Å². The molecule has 0 radical (unpaired) electrons. The van der Waals surface area contributed by atoms with Crippen molar-refractivity contribution >= 4 is 0 Å². The lowest BCUT2D eigenvalue weighted by Gasteiger charge is -2.37.